The van der Waals surface area contributed by atoms with E-state index in [1.54, 1.807) is 0 Å². The molecule has 0 radical (unpaired) electrons. The van der Waals surface area contributed by atoms with Gasteiger partial charge in [0, 0.05) is 0 Å². The Morgan fingerprint density at radius 3 is 0.326 bits per heavy atom. The van der Waals surface area contributed by atoms with Gasteiger partial charge >= 0.3 is 16.8 Å². The molecule has 506 valence electrons. The second-order valence-corrected chi connectivity index (χ2v) is 23.9. The average molecular weight is 1460 g/mol. The summed E-state index contributed by atoms with van der Waals surface area (Å²) in [5.74, 6) is 6.60. The van der Waals surface area contributed by atoms with Crippen LogP contribution in [0.1, 0.15) is 191 Å². The number of rotatable bonds is 24. The van der Waals surface area contributed by atoms with Gasteiger partial charge in [0.25, 0.3) is 0 Å². The van der Waals surface area contributed by atoms with Crippen molar-refractivity contribution in [1.29, 1.82) is 0 Å². The number of halogens is 4. The molecule has 0 aliphatic carbocycles. The fourth-order valence-corrected chi connectivity index (χ4v) is 12.2. The Bertz CT molecular complexity index is 2220. The molecule has 0 saturated carbocycles. The van der Waals surface area contributed by atoms with Gasteiger partial charge in [-0.05, 0) is 290 Å². The molecular formula is C72H114Cl4CoO6P6-. The van der Waals surface area contributed by atoms with Crippen LogP contribution < -0.4 is 110 Å². The molecule has 0 heterocycles. The molecule has 17 heteroatoms. The van der Waals surface area contributed by atoms with E-state index in [1.807, 2.05) is 41.5 Å². The largest absolute Gasteiger partial charge is 3.00 e. The molecule has 0 aliphatic rings. The summed E-state index contributed by atoms with van der Waals surface area (Å²) in [6.45, 7) is 42.7. The summed E-state index contributed by atoms with van der Waals surface area (Å²) in [5.41, 5.74) is 15.8. The van der Waals surface area contributed by atoms with Crippen LogP contribution in [0.2, 0.25) is 0 Å². The van der Waals surface area contributed by atoms with E-state index in [1.165, 1.54) is 98.6 Å². The number of benzene rings is 6. The molecule has 6 atom stereocenters. The van der Waals surface area contributed by atoms with Crippen molar-refractivity contribution in [2.45, 2.75) is 202 Å². The maximum atomic E-state index is 5.70. The zero-order chi connectivity index (χ0) is 63.3. The van der Waals surface area contributed by atoms with Crippen molar-refractivity contribution in [2.24, 2.45) is 0 Å². The summed E-state index contributed by atoms with van der Waals surface area (Å²) in [4.78, 5) is 0. The first-order chi connectivity index (χ1) is 40.3. The van der Waals surface area contributed by atoms with Crippen molar-refractivity contribution in [1.82, 2.24) is 0 Å². The van der Waals surface area contributed by atoms with Crippen LogP contribution in [-0.4, -0.2) is 39.6 Å². The second-order valence-electron chi connectivity index (χ2n) is 19.9. The Morgan fingerprint density at radius 2 is 0.270 bits per heavy atom. The average Bonchev–Trinajstić information content (AvgIpc) is 3.61. The number of hydrogen-bond acceptors (Lipinski definition) is 6. The Labute approximate surface area is 592 Å². The maximum absolute atomic E-state index is 5.70. The van der Waals surface area contributed by atoms with Gasteiger partial charge in [0.05, 0.1) is 39.6 Å². The third-order valence-corrected chi connectivity index (χ3v) is 15.9. The molecular weight excluding hydrogens is 1350 g/mol. The normalized spacial score (nSPS) is 9.71. The first-order valence-corrected chi connectivity index (χ1v) is 35.1. The van der Waals surface area contributed by atoms with E-state index < -0.39 is 0 Å². The molecule has 0 fully saturated rings. The van der Waals surface area contributed by atoms with Crippen molar-refractivity contribution in [3.05, 3.63) is 140 Å². The summed E-state index contributed by atoms with van der Waals surface area (Å²) < 4.78 is 34.2. The first kappa shape index (κ1) is 96.1. The minimum Gasteiger partial charge on any atom is -1.00 e. The Kier molecular flexibility index (Phi) is 60.0. The predicted octanol–water partition coefficient (Wildman–Crippen LogP) is 4.28. The van der Waals surface area contributed by atoms with Crippen LogP contribution in [0.25, 0.3) is 0 Å². The van der Waals surface area contributed by atoms with E-state index in [9.17, 15) is 0 Å². The van der Waals surface area contributed by atoms with Gasteiger partial charge in [-0.1, -0.05) is 83.1 Å². The fraction of sp³-hybridized carbons (Fsp3) is 0.500. The first-order valence-electron chi connectivity index (χ1n) is 31.6. The quantitative estimate of drug-likeness (QED) is 0.0846. The molecule has 0 aliphatic heterocycles. The third kappa shape index (κ3) is 33.1. The van der Waals surface area contributed by atoms with Crippen molar-refractivity contribution in [3.63, 3.8) is 0 Å². The van der Waals surface area contributed by atoms with Gasteiger partial charge in [-0.2, -0.15) is 0 Å². The van der Waals surface area contributed by atoms with Crippen LogP contribution in [0, 0.1) is 0 Å². The van der Waals surface area contributed by atoms with Crippen LogP contribution >= 0.6 is 55.4 Å². The van der Waals surface area contributed by atoms with Gasteiger partial charge in [-0.3, -0.25) is 0 Å². The molecule has 6 aromatic carbocycles. The molecule has 0 aromatic heterocycles. The summed E-state index contributed by atoms with van der Waals surface area (Å²) in [7, 11) is 16.6. The number of aryl methyl sites for hydroxylation is 12. The van der Waals surface area contributed by atoms with Crippen LogP contribution in [0.15, 0.2) is 72.8 Å². The van der Waals surface area contributed by atoms with Gasteiger partial charge in [-0.15, -0.1) is 55.4 Å². The Morgan fingerprint density at radius 1 is 0.191 bits per heavy atom. The number of hydrogen-bond donors (Lipinski definition) is 0. The van der Waals surface area contributed by atoms with E-state index in [0.717, 1.165) is 151 Å². The number of ether oxygens (including phenoxy) is 6. The fourth-order valence-electron chi connectivity index (χ4n) is 9.82. The van der Waals surface area contributed by atoms with E-state index >= 15 is 0 Å². The van der Waals surface area contributed by atoms with Crippen LogP contribution in [0.4, 0.5) is 0 Å². The zero-order valence-corrected chi connectivity index (χ0v) is 68.4. The molecule has 0 spiro atoms. The second kappa shape index (κ2) is 55.6. The molecule has 0 bridgehead atoms. The van der Waals surface area contributed by atoms with Crippen LogP contribution in [-0.2, 0) is 93.8 Å². The molecule has 0 saturated heterocycles. The van der Waals surface area contributed by atoms with Crippen molar-refractivity contribution in [3.8, 4) is 34.5 Å². The molecule has 6 aromatic rings. The minimum atomic E-state index is 0. The van der Waals surface area contributed by atoms with Crippen molar-refractivity contribution >= 4 is 87.3 Å². The summed E-state index contributed by atoms with van der Waals surface area (Å²) >= 11 is 0. The molecule has 6 nitrogen and oxygen atoms in total. The van der Waals surface area contributed by atoms with Gasteiger partial charge in [0.1, 0.15) is 34.5 Å². The Hall–Kier alpha value is -1.63. The smallest absolute Gasteiger partial charge is 1.00 e. The van der Waals surface area contributed by atoms with E-state index in [4.69, 9.17) is 28.4 Å². The molecule has 0 N–H and O–H groups in total. The zero-order valence-electron chi connectivity index (χ0n) is 57.4. The molecule has 0 amide bonds. The monoisotopic (exact) mass is 1460 g/mol. The van der Waals surface area contributed by atoms with Gasteiger partial charge in [-0.25, -0.2) is 0 Å². The summed E-state index contributed by atoms with van der Waals surface area (Å²) in [5, 5.41) is 7.51. The van der Waals surface area contributed by atoms with Gasteiger partial charge < -0.3 is 78.0 Å². The van der Waals surface area contributed by atoms with Crippen molar-refractivity contribution in [2.75, 3.05) is 39.6 Å². The topological polar surface area (TPSA) is 55.4 Å². The van der Waals surface area contributed by atoms with Gasteiger partial charge in [0.2, 0.25) is 0 Å². The standard InChI is InChI=1S/6C12H19OP.4ClH.Co/c6*1-4-9-7-11(14)8-10(5-2)12(9)13-6-3;;;;;/h6*7-8H,4-6,14H2,1-3H3;4*1H;/q;;;;;;;;;;+3/p-4. The summed E-state index contributed by atoms with van der Waals surface area (Å²) in [6, 6.07) is 26.3. The molecule has 89 heavy (non-hydrogen) atoms. The van der Waals surface area contributed by atoms with E-state index in [0.29, 0.717) is 0 Å². The molecule has 6 unspecified atom stereocenters. The van der Waals surface area contributed by atoms with E-state index in [-0.39, 0.29) is 66.4 Å². The van der Waals surface area contributed by atoms with Crippen LogP contribution in [0.3, 0.4) is 0 Å². The summed E-state index contributed by atoms with van der Waals surface area (Å²) in [6.07, 6.45) is 12.4. The third-order valence-electron chi connectivity index (χ3n) is 13.9. The van der Waals surface area contributed by atoms with Crippen molar-refractivity contribution < 1.29 is 94.8 Å². The van der Waals surface area contributed by atoms with E-state index in [2.05, 4.69) is 211 Å². The predicted molar refractivity (Wildman–Crippen MR) is 394 cm³/mol. The maximum Gasteiger partial charge on any atom is 3.00 e. The minimum absolute atomic E-state index is 0. The SMILES string of the molecule is CCOc1c(CC)cc(P)cc1CC.CCOc1c(CC)cc(P)cc1CC.CCOc1c(CC)cc(P)cc1CC.CCOc1c(CC)cc(P)cc1CC.CCOc1c(CC)cc(P)cc1CC.CCOc1c(CC)cc(P)cc1CC.[Cl-].[Cl-].[Cl-].[Cl-].[Co+3]. The Balaban J connectivity index is -0.000000314. The van der Waals surface area contributed by atoms with Gasteiger partial charge in [0.15, 0.2) is 0 Å². The molecule has 6 rings (SSSR count). The van der Waals surface area contributed by atoms with Crippen LogP contribution in [0.5, 0.6) is 34.5 Å².